The molecule has 0 amide bonds. The topological polar surface area (TPSA) is 53.4 Å². The van der Waals surface area contributed by atoms with Gasteiger partial charge in [0.15, 0.2) is 0 Å². The summed E-state index contributed by atoms with van der Waals surface area (Å²) in [6.07, 6.45) is 5.60. The third-order valence-corrected chi connectivity index (χ3v) is 5.24. The van der Waals surface area contributed by atoms with Crippen LogP contribution in [-0.4, -0.2) is 30.8 Å². The van der Waals surface area contributed by atoms with Crippen LogP contribution in [0, 0.1) is 20.3 Å². The van der Waals surface area contributed by atoms with Crippen LogP contribution in [0.15, 0.2) is 24.3 Å². The SMILES string of the molecule is CC[CH]CCc1cc(C)nn2c(-c3c(NC)cc(NC)cc3NC)cc(C)c12. The van der Waals surface area contributed by atoms with Crippen LogP contribution in [0.25, 0.3) is 16.8 Å². The maximum absolute atomic E-state index is 4.89. The maximum atomic E-state index is 4.89. The highest BCUT2D eigenvalue weighted by Gasteiger charge is 2.19. The second-order valence-corrected chi connectivity index (χ2v) is 7.22. The van der Waals surface area contributed by atoms with E-state index in [0.717, 1.165) is 53.3 Å². The molecular formula is C23H32N5. The Hall–Kier alpha value is -2.69. The van der Waals surface area contributed by atoms with Crippen LogP contribution in [-0.2, 0) is 6.42 Å². The van der Waals surface area contributed by atoms with Gasteiger partial charge >= 0.3 is 0 Å². The molecule has 0 bridgehead atoms. The molecule has 5 nitrogen and oxygen atoms in total. The monoisotopic (exact) mass is 378 g/mol. The molecule has 0 saturated carbocycles. The lowest BCUT2D eigenvalue weighted by Crippen LogP contribution is -2.05. The normalized spacial score (nSPS) is 11.1. The Bertz CT molecular complexity index is 946. The number of anilines is 3. The van der Waals surface area contributed by atoms with Crippen molar-refractivity contribution in [3.63, 3.8) is 0 Å². The molecule has 1 radical (unpaired) electrons. The third-order valence-electron chi connectivity index (χ3n) is 5.24. The number of nitrogens with one attached hydrogen (secondary N) is 3. The molecule has 2 heterocycles. The number of fused-ring (bicyclic) bond motifs is 1. The van der Waals surface area contributed by atoms with Crippen LogP contribution in [0.4, 0.5) is 17.1 Å². The first-order chi connectivity index (χ1) is 13.5. The standard InChI is InChI=1S/C23H32N5/c1-7-8-9-10-17-12-16(3)27-28-21(11-15(2)23(17)28)22-19(25-5)13-18(24-4)14-20(22)26-6/h8,11-14,24-26H,7,9-10H2,1-6H3. The summed E-state index contributed by atoms with van der Waals surface area (Å²) in [5, 5.41) is 14.9. The average molecular weight is 379 g/mol. The van der Waals surface area contributed by atoms with Gasteiger partial charge in [-0.05, 0) is 68.5 Å². The quantitative estimate of drug-likeness (QED) is 0.466. The van der Waals surface area contributed by atoms with Crippen LogP contribution in [0.1, 0.15) is 36.6 Å². The number of rotatable bonds is 8. The van der Waals surface area contributed by atoms with E-state index in [1.165, 1.54) is 16.6 Å². The summed E-state index contributed by atoms with van der Waals surface area (Å²) in [6.45, 7) is 6.46. The van der Waals surface area contributed by atoms with Gasteiger partial charge in [-0.2, -0.15) is 5.10 Å². The minimum Gasteiger partial charge on any atom is -0.388 e. The summed E-state index contributed by atoms with van der Waals surface area (Å²) in [4.78, 5) is 0. The van der Waals surface area contributed by atoms with Crippen LogP contribution in [0.2, 0.25) is 0 Å². The lowest BCUT2D eigenvalue weighted by atomic mass is 10.0. The van der Waals surface area contributed by atoms with E-state index in [1.807, 2.05) is 21.1 Å². The number of aromatic nitrogens is 2. The van der Waals surface area contributed by atoms with Crippen molar-refractivity contribution in [2.45, 2.75) is 40.0 Å². The molecule has 0 atom stereocenters. The minimum atomic E-state index is 1.04. The minimum absolute atomic E-state index is 1.04. The molecule has 0 aliphatic carbocycles. The first-order valence-corrected chi connectivity index (χ1v) is 10.1. The van der Waals surface area contributed by atoms with Crippen LogP contribution in [0.5, 0.6) is 0 Å². The molecule has 0 spiro atoms. The summed E-state index contributed by atoms with van der Waals surface area (Å²) < 4.78 is 2.13. The van der Waals surface area contributed by atoms with Crippen molar-refractivity contribution >= 4 is 22.6 Å². The molecule has 149 valence electrons. The number of hydrogen-bond donors (Lipinski definition) is 3. The van der Waals surface area contributed by atoms with E-state index >= 15 is 0 Å². The number of benzene rings is 1. The molecule has 2 aromatic heterocycles. The van der Waals surface area contributed by atoms with Gasteiger partial charge < -0.3 is 16.0 Å². The molecule has 0 unspecified atom stereocenters. The van der Waals surface area contributed by atoms with E-state index in [2.05, 4.69) is 71.9 Å². The molecule has 0 saturated heterocycles. The zero-order valence-corrected chi connectivity index (χ0v) is 17.9. The zero-order valence-electron chi connectivity index (χ0n) is 17.9. The van der Waals surface area contributed by atoms with E-state index in [4.69, 9.17) is 5.10 Å². The Morgan fingerprint density at radius 2 is 1.64 bits per heavy atom. The lowest BCUT2D eigenvalue weighted by Gasteiger charge is -2.17. The van der Waals surface area contributed by atoms with Gasteiger partial charge in [-0.3, -0.25) is 0 Å². The second-order valence-electron chi connectivity index (χ2n) is 7.22. The van der Waals surface area contributed by atoms with E-state index < -0.39 is 0 Å². The number of hydrogen-bond acceptors (Lipinski definition) is 4. The van der Waals surface area contributed by atoms with Gasteiger partial charge in [0.2, 0.25) is 0 Å². The highest BCUT2D eigenvalue weighted by molar-refractivity contribution is 5.92. The van der Waals surface area contributed by atoms with Gasteiger partial charge in [0.25, 0.3) is 0 Å². The summed E-state index contributed by atoms with van der Waals surface area (Å²) >= 11 is 0. The summed E-state index contributed by atoms with van der Waals surface area (Å²) in [5.74, 6) is 0. The fraction of sp³-hybridized carbons (Fsp3) is 0.391. The number of aryl methyl sites for hydroxylation is 3. The highest BCUT2D eigenvalue weighted by Crippen LogP contribution is 2.40. The van der Waals surface area contributed by atoms with Gasteiger partial charge in [-0.25, -0.2) is 4.52 Å². The first-order valence-electron chi connectivity index (χ1n) is 10.1. The Kier molecular flexibility index (Phi) is 6.12. The van der Waals surface area contributed by atoms with Crippen molar-refractivity contribution in [3.8, 4) is 11.3 Å². The van der Waals surface area contributed by atoms with Crippen molar-refractivity contribution < 1.29 is 0 Å². The van der Waals surface area contributed by atoms with E-state index in [1.54, 1.807) is 0 Å². The van der Waals surface area contributed by atoms with Crippen molar-refractivity contribution in [3.05, 3.63) is 47.5 Å². The van der Waals surface area contributed by atoms with Crippen LogP contribution >= 0.6 is 0 Å². The van der Waals surface area contributed by atoms with Gasteiger partial charge in [0.1, 0.15) is 0 Å². The van der Waals surface area contributed by atoms with Crippen molar-refractivity contribution in [2.75, 3.05) is 37.1 Å². The van der Waals surface area contributed by atoms with E-state index in [-0.39, 0.29) is 0 Å². The fourth-order valence-electron chi connectivity index (χ4n) is 3.91. The largest absolute Gasteiger partial charge is 0.388 e. The Balaban J connectivity index is 2.25. The van der Waals surface area contributed by atoms with E-state index in [0.29, 0.717) is 0 Å². The van der Waals surface area contributed by atoms with Gasteiger partial charge in [-0.15, -0.1) is 0 Å². The molecule has 28 heavy (non-hydrogen) atoms. The molecule has 0 fully saturated rings. The molecule has 5 heteroatoms. The van der Waals surface area contributed by atoms with Crippen LogP contribution in [0.3, 0.4) is 0 Å². The van der Waals surface area contributed by atoms with Crippen molar-refractivity contribution in [2.24, 2.45) is 0 Å². The lowest BCUT2D eigenvalue weighted by molar-refractivity contribution is 0.848. The van der Waals surface area contributed by atoms with Crippen molar-refractivity contribution in [1.82, 2.24) is 9.61 Å². The molecule has 1 aromatic carbocycles. The Labute approximate surface area is 168 Å². The smallest absolute Gasteiger partial charge is 0.0770 e. The van der Waals surface area contributed by atoms with Gasteiger partial charge in [0.05, 0.1) is 16.9 Å². The first kappa shape index (κ1) is 20.1. The van der Waals surface area contributed by atoms with Crippen LogP contribution < -0.4 is 16.0 Å². The second kappa shape index (κ2) is 8.55. The molecule has 3 rings (SSSR count). The zero-order chi connectivity index (χ0) is 20.3. The summed E-state index contributed by atoms with van der Waals surface area (Å²) in [6, 6.07) is 8.76. The molecule has 3 N–H and O–H groups in total. The van der Waals surface area contributed by atoms with Gasteiger partial charge in [0, 0.05) is 43.8 Å². The summed E-state index contributed by atoms with van der Waals surface area (Å²) in [7, 11) is 5.87. The van der Waals surface area contributed by atoms with Crippen molar-refractivity contribution in [1.29, 1.82) is 0 Å². The maximum Gasteiger partial charge on any atom is 0.0770 e. The average Bonchev–Trinajstić information content (AvgIpc) is 3.02. The molecular weight excluding hydrogens is 346 g/mol. The Morgan fingerprint density at radius 3 is 2.21 bits per heavy atom. The fourth-order valence-corrected chi connectivity index (χ4v) is 3.91. The predicted octanol–water partition coefficient (Wildman–Crippen LogP) is 5.29. The summed E-state index contributed by atoms with van der Waals surface area (Å²) in [5.41, 5.74) is 10.3. The highest BCUT2D eigenvalue weighted by atomic mass is 15.2. The number of nitrogens with zero attached hydrogens (tertiary/aromatic N) is 2. The molecule has 3 aromatic rings. The number of unbranched alkanes of at least 4 members (excludes halogenated alkanes) is 2. The van der Waals surface area contributed by atoms with E-state index in [9.17, 15) is 0 Å². The molecule has 0 aliphatic heterocycles. The molecule has 0 aliphatic rings. The van der Waals surface area contributed by atoms with Gasteiger partial charge in [-0.1, -0.05) is 13.3 Å². The predicted molar refractivity (Wildman–Crippen MR) is 122 cm³/mol. The third kappa shape index (κ3) is 3.66. The Morgan fingerprint density at radius 1 is 0.964 bits per heavy atom.